The lowest BCUT2D eigenvalue weighted by molar-refractivity contribution is -0.144. The van der Waals surface area contributed by atoms with Crippen molar-refractivity contribution < 1.29 is 19.5 Å². The van der Waals surface area contributed by atoms with Gasteiger partial charge in [-0.3, -0.25) is 9.59 Å². The van der Waals surface area contributed by atoms with Crippen molar-refractivity contribution in [3.63, 3.8) is 0 Å². The number of aliphatic carboxylic acids is 1. The fourth-order valence-corrected chi connectivity index (χ4v) is 3.69. The molecule has 0 unspecified atom stereocenters. The van der Waals surface area contributed by atoms with E-state index in [1.165, 1.54) is 16.7 Å². The minimum Gasteiger partial charge on any atom is -0.480 e. The maximum atomic E-state index is 12.5. The molecule has 0 spiro atoms. The Morgan fingerprint density at radius 1 is 1.33 bits per heavy atom. The molecular weight excluding hydrogens is 330 g/mol. The minimum atomic E-state index is -1.06. The second-order valence-electron chi connectivity index (χ2n) is 6.76. The zero-order valence-corrected chi connectivity index (χ0v) is 15.6. The van der Waals surface area contributed by atoms with Crippen molar-refractivity contribution in [1.29, 1.82) is 0 Å². The minimum absolute atomic E-state index is 0.0273. The van der Waals surface area contributed by atoms with Gasteiger partial charge in [0, 0.05) is 5.75 Å². The van der Waals surface area contributed by atoms with E-state index >= 15 is 0 Å². The Labute approximate surface area is 147 Å². The van der Waals surface area contributed by atoms with E-state index in [2.05, 4.69) is 5.32 Å². The van der Waals surface area contributed by atoms with Crippen molar-refractivity contribution in [2.45, 2.75) is 58.7 Å². The monoisotopic (exact) mass is 359 g/mol. The van der Waals surface area contributed by atoms with Crippen molar-refractivity contribution in [3.8, 4) is 0 Å². The average molecular weight is 359 g/mol. The Balaban J connectivity index is 2.78. The average Bonchev–Trinajstić information content (AvgIpc) is 3.00. The largest absolute Gasteiger partial charge is 0.480 e. The lowest BCUT2D eigenvalue weighted by Crippen LogP contribution is -2.55. The summed E-state index contributed by atoms with van der Waals surface area (Å²) >= 11 is 1.47. The van der Waals surface area contributed by atoms with Crippen molar-refractivity contribution in [1.82, 2.24) is 10.2 Å². The molecule has 138 valence electrons. The Bertz CT molecular complexity index is 472. The first-order valence-corrected chi connectivity index (χ1v) is 9.51. The van der Waals surface area contributed by atoms with E-state index in [1.54, 1.807) is 0 Å². The molecule has 1 aliphatic heterocycles. The van der Waals surface area contributed by atoms with Crippen LogP contribution in [0.4, 0.5) is 0 Å². The van der Waals surface area contributed by atoms with Gasteiger partial charge in [0.05, 0.1) is 11.9 Å². The zero-order chi connectivity index (χ0) is 18.4. The molecule has 24 heavy (non-hydrogen) atoms. The SMILES string of the molecule is CC[C@H](C)[C@H](N)C(=O)N1CSC[C@H]1C(=O)N[C@@H](CC(C)C)C(=O)O. The molecule has 0 aromatic carbocycles. The number of hydrogen-bond donors (Lipinski definition) is 3. The van der Waals surface area contributed by atoms with E-state index in [-0.39, 0.29) is 17.7 Å². The fourth-order valence-electron chi connectivity index (χ4n) is 2.53. The van der Waals surface area contributed by atoms with Crippen LogP contribution in [0.1, 0.15) is 40.5 Å². The molecule has 0 aliphatic carbocycles. The number of rotatable bonds is 8. The summed E-state index contributed by atoms with van der Waals surface area (Å²) in [5, 5.41) is 11.8. The third-order valence-electron chi connectivity index (χ3n) is 4.33. The Kier molecular flexibility index (Phi) is 8.02. The van der Waals surface area contributed by atoms with E-state index in [4.69, 9.17) is 5.73 Å². The van der Waals surface area contributed by atoms with Gasteiger partial charge in [-0.1, -0.05) is 34.1 Å². The lowest BCUT2D eigenvalue weighted by atomic mass is 9.98. The van der Waals surface area contributed by atoms with Crippen molar-refractivity contribution in [2.24, 2.45) is 17.6 Å². The van der Waals surface area contributed by atoms with Crippen molar-refractivity contribution in [3.05, 3.63) is 0 Å². The molecule has 0 radical (unpaired) electrons. The van der Waals surface area contributed by atoms with Crippen LogP contribution in [0.3, 0.4) is 0 Å². The van der Waals surface area contributed by atoms with Gasteiger partial charge >= 0.3 is 5.97 Å². The number of carbonyl (C=O) groups excluding carboxylic acids is 2. The standard InChI is InChI=1S/C16H29N3O4S/c1-5-10(4)13(17)15(21)19-8-24-7-12(19)14(20)18-11(16(22)23)6-9(2)3/h9-13H,5-8,17H2,1-4H3,(H,18,20)(H,22,23)/t10-,11-,12-,13-/m0/s1. The zero-order valence-electron chi connectivity index (χ0n) is 14.8. The molecule has 0 saturated carbocycles. The summed E-state index contributed by atoms with van der Waals surface area (Å²) in [4.78, 5) is 37.8. The van der Waals surface area contributed by atoms with Gasteiger partial charge in [-0.15, -0.1) is 11.8 Å². The van der Waals surface area contributed by atoms with Crippen LogP contribution < -0.4 is 11.1 Å². The van der Waals surface area contributed by atoms with Crippen LogP contribution in [0.2, 0.25) is 0 Å². The third kappa shape index (κ3) is 5.37. The predicted molar refractivity (Wildman–Crippen MR) is 94.4 cm³/mol. The van der Waals surface area contributed by atoms with Gasteiger partial charge < -0.3 is 21.1 Å². The van der Waals surface area contributed by atoms with Crippen LogP contribution in [-0.4, -0.2) is 57.5 Å². The first kappa shape index (κ1) is 20.8. The molecule has 0 bridgehead atoms. The maximum absolute atomic E-state index is 12.5. The molecule has 8 heteroatoms. The lowest BCUT2D eigenvalue weighted by Gasteiger charge is -2.29. The molecular formula is C16H29N3O4S. The van der Waals surface area contributed by atoms with Crippen molar-refractivity contribution >= 4 is 29.5 Å². The summed E-state index contributed by atoms with van der Waals surface area (Å²) in [6, 6.07) is -2.25. The van der Waals surface area contributed by atoms with E-state index in [9.17, 15) is 19.5 Å². The van der Waals surface area contributed by atoms with Crippen molar-refractivity contribution in [2.75, 3.05) is 11.6 Å². The van der Waals surface area contributed by atoms with Gasteiger partial charge in [0.1, 0.15) is 12.1 Å². The number of thioether (sulfide) groups is 1. The van der Waals surface area contributed by atoms with Crippen LogP contribution in [0.25, 0.3) is 0 Å². The number of carbonyl (C=O) groups is 3. The highest BCUT2D eigenvalue weighted by molar-refractivity contribution is 7.99. The van der Waals surface area contributed by atoms with Gasteiger partial charge in [0.15, 0.2) is 0 Å². The number of hydrogen-bond acceptors (Lipinski definition) is 5. The Hall–Kier alpha value is -1.28. The number of carboxylic acid groups (broad SMARTS) is 1. The van der Waals surface area contributed by atoms with E-state index in [0.29, 0.717) is 18.1 Å². The summed E-state index contributed by atoms with van der Waals surface area (Å²) in [5.74, 6) is -0.692. The number of amides is 2. The Morgan fingerprint density at radius 2 is 1.96 bits per heavy atom. The summed E-state index contributed by atoms with van der Waals surface area (Å²) in [5.41, 5.74) is 6.00. The second kappa shape index (κ2) is 9.27. The predicted octanol–water partition coefficient (Wildman–Crippen LogP) is 0.877. The Morgan fingerprint density at radius 3 is 2.46 bits per heavy atom. The first-order valence-electron chi connectivity index (χ1n) is 8.35. The number of carboxylic acids is 1. The van der Waals surface area contributed by atoms with Gasteiger partial charge in [0.25, 0.3) is 0 Å². The molecule has 1 rings (SSSR count). The second-order valence-corrected chi connectivity index (χ2v) is 7.76. The molecule has 2 amide bonds. The van der Waals surface area contributed by atoms with Crippen LogP contribution in [-0.2, 0) is 14.4 Å². The van der Waals surface area contributed by atoms with E-state index in [1.807, 2.05) is 27.7 Å². The topological polar surface area (TPSA) is 113 Å². The van der Waals surface area contributed by atoms with E-state index in [0.717, 1.165) is 6.42 Å². The smallest absolute Gasteiger partial charge is 0.326 e. The van der Waals surface area contributed by atoms with Gasteiger partial charge in [-0.25, -0.2) is 4.79 Å². The normalized spacial score (nSPS) is 21.4. The first-order chi connectivity index (χ1) is 11.2. The number of nitrogens with one attached hydrogen (secondary N) is 1. The van der Waals surface area contributed by atoms with Crippen LogP contribution in [0.15, 0.2) is 0 Å². The highest BCUT2D eigenvalue weighted by atomic mass is 32.2. The highest BCUT2D eigenvalue weighted by Gasteiger charge is 2.38. The summed E-state index contributed by atoms with van der Waals surface area (Å²) in [6.45, 7) is 7.66. The van der Waals surface area contributed by atoms with Crippen LogP contribution >= 0.6 is 11.8 Å². The number of nitrogens with zero attached hydrogens (tertiary/aromatic N) is 1. The quantitative estimate of drug-likeness (QED) is 0.593. The third-order valence-corrected chi connectivity index (χ3v) is 5.34. The molecule has 4 N–H and O–H groups in total. The summed E-state index contributed by atoms with van der Waals surface area (Å²) in [6.07, 6.45) is 1.13. The highest BCUT2D eigenvalue weighted by Crippen LogP contribution is 2.23. The van der Waals surface area contributed by atoms with Gasteiger partial charge in [-0.2, -0.15) is 0 Å². The van der Waals surface area contributed by atoms with Gasteiger partial charge in [-0.05, 0) is 18.3 Å². The molecule has 0 aromatic heterocycles. The van der Waals surface area contributed by atoms with E-state index < -0.39 is 30.0 Å². The van der Waals surface area contributed by atoms with Crippen LogP contribution in [0.5, 0.6) is 0 Å². The van der Waals surface area contributed by atoms with Crippen LogP contribution in [0, 0.1) is 11.8 Å². The fraction of sp³-hybridized carbons (Fsp3) is 0.812. The summed E-state index contributed by atoms with van der Waals surface area (Å²) in [7, 11) is 0. The van der Waals surface area contributed by atoms with Gasteiger partial charge in [0.2, 0.25) is 11.8 Å². The summed E-state index contributed by atoms with van der Waals surface area (Å²) < 4.78 is 0. The molecule has 1 saturated heterocycles. The molecule has 0 aromatic rings. The molecule has 1 aliphatic rings. The molecule has 1 fully saturated rings. The number of nitrogens with two attached hydrogens (primary N) is 1. The molecule has 4 atom stereocenters. The molecule has 1 heterocycles. The maximum Gasteiger partial charge on any atom is 0.326 e. The molecule has 7 nitrogen and oxygen atoms in total.